The minimum absolute atomic E-state index is 0.00720. The number of carbonyl (C=O) groups is 4. The lowest BCUT2D eigenvalue weighted by Gasteiger charge is -2.30. The molecule has 3 atom stereocenters. The Hall–Kier alpha value is -3.04. The SMILES string of the molecule is CCOC(=O)C1(C(=O)OCC)N[C@@H](c2cccs2)[C@H]2C(=O)N(c3ccccc3)C(=O)[C@H]21. The summed E-state index contributed by atoms with van der Waals surface area (Å²) >= 11 is 1.37. The van der Waals surface area contributed by atoms with Gasteiger partial charge in [0, 0.05) is 4.88 Å². The van der Waals surface area contributed by atoms with Crippen LogP contribution in [0.3, 0.4) is 0 Å². The molecule has 3 heterocycles. The largest absolute Gasteiger partial charge is 0.464 e. The number of anilines is 1. The summed E-state index contributed by atoms with van der Waals surface area (Å²) in [4.78, 5) is 55.3. The van der Waals surface area contributed by atoms with Crippen LogP contribution < -0.4 is 10.2 Å². The Morgan fingerprint density at radius 2 is 1.65 bits per heavy atom. The number of ether oxygens (including phenoxy) is 2. The Labute approximate surface area is 183 Å². The number of hydrogen-bond donors (Lipinski definition) is 1. The van der Waals surface area contributed by atoms with Gasteiger partial charge in [-0.3, -0.25) is 14.9 Å². The van der Waals surface area contributed by atoms with Gasteiger partial charge >= 0.3 is 11.9 Å². The van der Waals surface area contributed by atoms with E-state index in [1.165, 1.54) is 11.3 Å². The van der Waals surface area contributed by atoms with Gasteiger partial charge in [0.15, 0.2) is 0 Å². The second kappa shape index (κ2) is 8.24. The highest BCUT2D eigenvalue weighted by atomic mass is 32.1. The maximum absolute atomic E-state index is 13.6. The number of nitrogens with one attached hydrogen (secondary N) is 1. The molecule has 2 amide bonds. The number of nitrogens with zero attached hydrogens (tertiary/aromatic N) is 1. The van der Waals surface area contributed by atoms with Crippen LogP contribution in [0.25, 0.3) is 0 Å². The molecule has 0 spiro atoms. The van der Waals surface area contributed by atoms with Crippen LogP contribution in [-0.2, 0) is 28.7 Å². The molecular formula is C22H22N2O6S. The van der Waals surface area contributed by atoms with E-state index in [0.717, 1.165) is 9.78 Å². The van der Waals surface area contributed by atoms with E-state index in [9.17, 15) is 19.2 Å². The van der Waals surface area contributed by atoms with Crippen LogP contribution in [0.5, 0.6) is 0 Å². The molecule has 0 aliphatic carbocycles. The van der Waals surface area contributed by atoms with Crippen molar-refractivity contribution in [3.8, 4) is 0 Å². The number of hydrogen-bond acceptors (Lipinski definition) is 8. The molecule has 2 aliphatic rings. The zero-order valence-electron chi connectivity index (χ0n) is 17.1. The van der Waals surface area contributed by atoms with Gasteiger partial charge in [-0.2, -0.15) is 0 Å². The summed E-state index contributed by atoms with van der Waals surface area (Å²) in [5.41, 5.74) is -1.72. The van der Waals surface area contributed by atoms with E-state index in [1.54, 1.807) is 50.2 Å². The fourth-order valence-corrected chi connectivity index (χ4v) is 5.22. The van der Waals surface area contributed by atoms with Crippen molar-refractivity contribution in [3.63, 3.8) is 0 Å². The summed E-state index contributed by atoms with van der Waals surface area (Å²) in [7, 11) is 0. The van der Waals surface area contributed by atoms with Crippen molar-refractivity contribution in [2.24, 2.45) is 11.8 Å². The maximum Gasteiger partial charge on any atom is 0.338 e. The molecule has 1 aromatic heterocycles. The third-order valence-electron chi connectivity index (χ3n) is 5.62. The minimum atomic E-state index is -2.11. The normalized spacial score (nSPS) is 24.2. The Bertz CT molecular complexity index is 988. The lowest BCUT2D eigenvalue weighted by atomic mass is 9.80. The van der Waals surface area contributed by atoms with Crippen LogP contribution in [0.15, 0.2) is 47.8 Å². The van der Waals surface area contributed by atoms with E-state index in [2.05, 4.69) is 5.32 Å². The van der Waals surface area contributed by atoms with E-state index in [1.807, 2.05) is 11.4 Å². The van der Waals surface area contributed by atoms with E-state index in [4.69, 9.17) is 9.47 Å². The molecule has 0 bridgehead atoms. The third-order valence-corrected chi connectivity index (χ3v) is 6.57. The molecule has 0 saturated carbocycles. The van der Waals surface area contributed by atoms with E-state index in [0.29, 0.717) is 5.69 Å². The zero-order chi connectivity index (χ0) is 22.2. The molecule has 0 unspecified atom stereocenters. The number of carbonyl (C=O) groups excluding carboxylic acids is 4. The summed E-state index contributed by atoms with van der Waals surface area (Å²) in [6.45, 7) is 3.23. The first-order chi connectivity index (χ1) is 15.0. The molecule has 8 nitrogen and oxygen atoms in total. The van der Waals surface area contributed by atoms with E-state index < -0.39 is 47.2 Å². The first kappa shape index (κ1) is 21.2. The van der Waals surface area contributed by atoms with Crippen LogP contribution in [0.4, 0.5) is 5.69 Å². The second-order valence-corrected chi connectivity index (χ2v) is 8.22. The standard InChI is InChI=1S/C22H22N2O6S/c1-3-29-20(27)22(21(28)30-4-2)16-15(17(23-22)14-11-8-12-31-14)18(25)24(19(16)26)13-9-6-5-7-10-13/h5-12,15-17,23H,3-4H2,1-2H3/t15-,16-,17-/m0/s1. The molecular weight excluding hydrogens is 420 g/mol. The fraction of sp³-hybridized carbons (Fsp3) is 0.364. The molecule has 2 aliphatic heterocycles. The number of para-hydroxylation sites is 1. The molecule has 162 valence electrons. The van der Waals surface area contributed by atoms with Gasteiger partial charge in [-0.25, -0.2) is 14.5 Å². The smallest absolute Gasteiger partial charge is 0.338 e. The van der Waals surface area contributed by atoms with Crippen molar-refractivity contribution < 1.29 is 28.7 Å². The van der Waals surface area contributed by atoms with Gasteiger partial charge in [-0.05, 0) is 37.4 Å². The second-order valence-electron chi connectivity index (χ2n) is 7.24. The van der Waals surface area contributed by atoms with Gasteiger partial charge in [0.25, 0.3) is 0 Å². The lowest BCUT2D eigenvalue weighted by Crippen LogP contribution is -2.62. The molecule has 2 saturated heterocycles. The zero-order valence-corrected chi connectivity index (χ0v) is 17.9. The van der Waals surface area contributed by atoms with Gasteiger partial charge in [-0.1, -0.05) is 24.3 Å². The van der Waals surface area contributed by atoms with Gasteiger partial charge in [0.2, 0.25) is 17.4 Å². The number of benzene rings is 1. The third kappa shape index (κ3) is 3.16. The predicted octanol–water partition coefficient (Wildman–Crippen LogP) is 2.06. The molecule has 4 rings (SSSR count). The molecule has 1 N–H and O–H groups in total. The molecule has 9 heteroatoms. The van der Waals surface area contributed by atoms with Crippen LogP contribution in [0.1, 0.15) is 24.8 Å². The average Bonchev–Trinajstić information content (AvgIpc) is 3.46. The predicted molar refractivity (Wildman–Crippen MR) is 112 cm³/mol. The Morgan fingerprint density at radius 1 is 1.00 bits per heavy atom. The first-order valence-electron chi connectivity index (χ1n) is 10.1. The lowest BCUT2D eigenvalue weighted by molar-refractivity contribution is -0.169. The van der Waals surface area contributed by atoms with Crippen molar-refractivity contribution in [1.82, 2.24) is 5.32 Å². The number of imide groups is 1. The van der Waals surface area contributed by atoms with Crippen LogP contribution in [0.2, 0.25) is 0 Å². The van der Waals surface area contributed by atoms with Crippen molar-refractivity contribution >= 4 is 40.8 Å². The highest BCUT2D eigenvalue weighted by Crippen LogP contribution is 2.51. The minimum Gasteiger partial charge on any atom is -0.464 e. The number of thiophene rings is 1. The summed E-state index contributed by atoms with van der Waals surface area (Å²) in [6.07, 6.45) is 0. The fourth-order valence-electron chi connectivity index (χ4n) is 4.40. The topological polar surface area (TPSA) is 102 Å². The Balaban J connectivity index is 1.89. The summed E-state index contributed by atoms with van der Waals surface area (Å²) in [6, 6.07) is 11.4. The number of fused-ring (bicyclic) bond motifs is 1. The molecule has 0 radical (unpaired) electrons. The van der Waals surface area contributed by atoms with E-state index in [-0.39, 0.29) is 13.2 Å². The summed E-state index contributed by atoms with van der Waals surface area (Å²) < 4.78 is 10.4. The van der Waals surface area contributed by atoms with Crippen molar-refractivity contribution in [2.45, 2.75) is 25.4 Å². The number of amides is 2. The summed E-state index contributed by atoms with van der Waals surface area (Å²) in [5.74, 6) is -5.18. The average molecular weight is 442 g/mol. The highest BCUT2D eigenvalue weighted by Gasteiger charge is 2.73. The maximum atomic E-state index is 13.6. The number of rotatable bonds is 6. The highest BCUT2D eigenvalue weighted by molar-refractivity contribution is 7.10. The van der Waals surface area contributed by atoms with Crippen LogP contribution in [-0.4, -0.2) is 42.5 Å². The van der Waals surface area contributed by atoms with Crippen molar-refractivity contribution in [1.29, 1.82) is 0 Å². The van der Waals surface area contributed by atoms with Gasteiger partial charge < -0.3 is 9.47 Å². The monoisotopic (exact) mass is 442 g/mol. The van der Waals surface area contributed by atoms with Crippen LogP contribution >= 0.6 is 11.3 Å². The first-order valence-corrected chi connectivity index (χ1v) is 10.9. The van der Waals surface area contributed by atoms with Gasteiger partial charge in [-0.15, -0.1) is 11.3 Å². The molecule has 31 heavy (non-hydrogen) atoms. The van der Waals surface area contributed by atoms with Crippen molar-refractivity contribution in [2.75, 3.05) is 18.1 Å². The Kier molecular flexibility index (Phi) is 5.63. The quantitative estimate of drug-likeness (QED) is 0.415. The molecule has 2 aromatic rings. The van der Waals surface area contributed by atoms with Crippen molar-refractivity contribution in [3.05, 3.63) is 52.7 Å². The van der Waals surface area contributed by atoms with E-state index >= 15 is 0 Å². The molecule has 2 fully saturated rings. The summed E-state index contributed by atoms with van der Waals surface area (Å²) in [5, 5.41) is 4.83. The number of esters is 2. The van der Waals surface area contributed by atoms with Gasteiger partial charge in [0.05, 0.1) is 36.8 Å². The molecule has 1 aromatic carbocycles. The van der Waals surface area contributed by atoms with Gasteiger partial charge in [0.1, 0.15) is 0 Å². The van der Waals surface area contributed by atoms with Crippen LogP contribution in [0, 0.1) is 11.8 Å². The Morgan fingerprint density at radius 3 is 2.19 bits per heavy atom.